The maximum absolute atomic E-state index is 13.7. The topological polar surface area (TPSA) is 44.8 Å². The molecule has 2 amide bonds. The Labute approximate surface area is 159 Å². The lowest BCUT2D eigenvalue weighted by Crippen LogP contribution is -2.50. The Hall–Kier alpha value is -2.60. The summed E-state index contributed by atoms with van der Waals surface area (Å²) in [6, 6.07) is 14.2. The van der Waals surface area contributed by atoms with E-state index in [9.17, 15) is 9.18 Å². The molecule has 144 valence electrons. The van der Waals surface area contributed by atoms with Crippen LogP contribution >= 0.6 is 0 Å². The van der Waals surface area contributed by atoms with Crippen molar-refractivity contribution in [2.24, 2.45) is 0 Å². The number of nitrogens with zero attached hydrogens (tertiary/aromatic N) is 2. The van der Waals surface area contributed by atoms with Crippen LogP contribution in [0.15, 0.2) is 48.5 Å². The summed E-state index contributed by atoms with van der Waals surface area (Å²) < 4.78 is 19.1. The molecule has 1 N–H and O–H groups in total. The Balaban J connectivity index is 1.43. The molecule has 0 aliphatic carbocycles. The van der Waals surface area contributed by atoms with Gasteiger partial charge in [0.2, 0.25) is 0 Å². The smallest absolute Gasteiger partial charge is 0.321 e. The van der Waals surface area contributed by atoms with Crippen molar-refractivity contribution in [1.82, 2.24) is 9.80 Å². The van der Waals surface area contributed by atoms with Crippen LogP contribution in [0.1, 0.15) is 12.5 Å². The highest BCUT2D eigenvalue weighted by Gasteiger charge is 2.21. The van der Waals surface area contributed by atoms with E-state index in [4.69, 9.17) is 4.74 Å². The molecule has 2 aromatic rings. The maximum Gasteiger partial charge on any atom is 0.321 e. The fourth-order valence-corrected chi connectivity index (χ4v) is 3.16. The molecule has 0 bridgehead atoms. The summed E-state index contributed by atoms with van der Waals surface area (Å²) in [7, 11) is 0. The van der Waals surface area contributed by atoms with Gasteiger partial charge in [-0.2, -0.15) is 0 Å². The van der Waals surface area contributed by atoms with Crippen molar-refractivity contribution in [3.8, 4) is 5.75 Å². The lowest BCUT2D eigenvalue weighted by Gasteiger charge is -2.34. The number of nitrogens with one attached hydrogen (secondary N) is 1. The minimum absolute atomic E-state index is 0.0899. The summed E-state index contributed by atoms with van der Waals surface area (Å²) in [5, 5.41) is 2.92. The molecule has 1 aliphatic heterocycles. The predicted octanol–water partition coefficient (Wildman–Crippen LogP) is 3.62. The van der Waals surface area contributed by atoms with Gasteiger partial charge in [0.15, 0.2) is 0 Å². The van der Waals surface area contributed by atoms with E-state index < -0.39 is 0 Å². The van der Waals surface area contributed by atoms with Gasteiger partial charge in [-0.25, -0.2) is 9.18 Å². The number of urea groups is 1. The number of amides is 2. The van der Waals surface area contributed by atoms with Crippen molar-refractivity contribution in [2.45, 2.75) is 13.3 Å². The molecule has 5 nitrogen and oxygen atoms in total. The molecule has 0 spiro atoms. The molecule has 1 heterocycles. The minimum Gasteiger partial charge on any atom is -0.494 e. The Bertz CT molecular complexity index is 743. The van der Waals surface area contributed by atoms with E-state index in [1.165, 1.54) is 6.07 Å². The van der Waals surface area contributed by atoms with Crippen molar-refractivity contribution in [2.75, 3.05) is 44.6 Å². The number of ether oxygens (including phenoxy) is 1. The zero-order chi connectivity index (χ0) is 19.1. The highest BCUT2D eigenvalue weighted by Crippen LogP contribution is 2.16. The molecule has 6 heteroatoms. The van der Waals surface area contributed by atoms with Crippen LogP contribution in [0.3, 0.4) is 0 Å². The highest BCUT2D eigenvalue weighted by atomic mass is 19.1. The van der Waals surface area contributed by atoms with Crippen molar-refractivity contribution in [1.29, 1.82) is 0 Å². The predicted molar refractivity (Wildman–Crippen MR) is 105 cm³/mol. The molecule has 27 heavy (non-hydrogen) atoms. The van der Waals surface area contributed by atoms with E-state index in [0.29, 0.717) is 26.1 Å². The fourth-order valence-electron chi connectivity index (χ4n) is 3.16. The second-order valence-electron chi connectivity index (χ2n) is 6.56. The second kappa shape index (κ2) is 9.37. The van der Waals surface area contributed by atoms with Gasteiger partial charge in [-0.3, -0.25) is 4.90 Å². The SMILES string of the molecule is CCOc1ccc(NC(=O)N2CCN(CCc3ccccc3F)CC2)cc1. The second-order valence-corrected chi connectivity index (χ2v) is 6.56. The lowest BCUT2D eigenvalue weighted by atomic mass is 10.1. The van der Waals surface area contributed by atoms with Crippen molar-refractivity contribution < 1.29 is 13.9 Å². The number of anilines is 1. The Kier molecular flexibility index (Phi) is 6.65. The van der Waals surface area contributed by atoms with Gasteiger partial charge in [-0.1, -0.05) is 18.2 Å². The Morgan fingerprint density at radius 2 is 1.78 bits per heavy atom. The van der Waals surface area contributed by atoms with Gasteiger partial charge < -0.3 is 15.0 Å². The molecule has 3 rings (SSSR count). The highest BCUT2D eigenvalue weighted by molar-refractivity contribution is 5.89. The Morgan fingerprint density at radius 1 is 1.07 bits per heavy atom. The zero-order valence-corrected chi connectivity index (χ0v) is 15.7. The first kappa shape index (κ1) is 19.2. The van der Waals surface area contributed by atoms with E-state index in [1.54, 1.807) is 6.07 Å². The minimum atomic E-state index is -0.147. The molecule has 1 aliphatic rings. The van der Waals surface area contributed by atoms with Crippen LogP contribution in [0.5, 0.6) is 5.75 Å². The van der Waals surface area contributed by atoms with Gasteiger partial charge in [0.25, 0.3) is 0 Å². The van der Waals surface area contributed by atoms with Crippen LogP contribution in [0.4, 0.5) is 14.9 Å². The summed E-state index contributed by atoms with van der Waals surface area (Å²) in [6.45, 7) is 6.28. The summed E-state index contributed by atoms with van der Waals surface area (Å²) in [6.07, 6.45) is 0.686. The molecule has 0 atom stereocenters. The normalized spacial score (nSPS) is 14.8. The third-order valence-electron chi connectivity index (χ3n) is 4.73. The molecule has 0 radical (unpaired) electrons. The molecular weight excluding hydrogens is 345 g/mol. The van der Waals surface area contributed by atoms with Gasteiger partial charge in [0.1, 0.15) is 11.6 Å². The molecule has 1 fully saturated rings. The Morgan fingerprint density at radius 3 is 2.44 bits per heavy atom. The molecule has 0 aromatic heterocycles. The summed E-state index contributed by atoms with van der Waals surface area (Å²) in [5.41, 5.74) is 1.50. The van der Waals surface area contributed by atoms with Gasteiger partial charge in [0, 0.05) is 38.4 Å². The van der Waals surface area contributed by atoms with E-state index >= 15 is 0 Å². The summed E-state index contributed by atoms with van der Waals surface area (Å²) in [5.74, 6) is 0.643. The van der Waals surface area contributed by atoms with Crippen LogP contribution in [-0.2, 0) is 6.42 Å². The van der Waals surface area contributed by atoms with E-state index in [2.05, 4.69) is 10.2 Å². The molecule has 0 saturated carbocycles. The summed E-state index contributed by atoms with van der Waals surface area (Å²) >= 11 is 0. The fraction of sp³-hybridized carbons (Fsp3) is 0.381. The monoisotopic (exact) mass is 371 g/mol. The average Bonchev–Trinajstić information content (AvgIpc) is 2.69. The standard InChI is InChI=1S/C21H26FN3O2/c1-2-27-19-9-7-18(8-10-19)23-21(26)25-15-13-24(14-16-25)12-11-17-5-3-4-6-20(17)22/h3-10H,2,11-16H2,1H3,(H,23,26). The first-order valence-corrected chi connectivity index (χ1v) is 9.40. The van der Waals surface area contributed by atoms with Gasteiger partial charge >= 0.3 is 6.03 Å². The number of piperazine rings is 1. The van der Waals surface area contributed by atoms with E-state index in [0.717, 1.165) is 36.6 Å². The molecular formula is C21H26FN3O2. The van der Waals surface area contributed by atoms with Crippen molar-refractivity contribution in [3.05, 3.63) is 59.9 Å². The molecule has 0 unspecified atom stereocenters. The third-order valence-corrected chi connectivity index (χ3v) is 4.73. The largest absolute Gasteiger partial charge is 0.494 e. The molecule has 2 aromatic carbocycles. The zero-order valence-electron chi connectivity index (χ0n) is 15.7. The van der Waals surface area contributed by atoms with E-state index in [-0.39, 0.29) is 11.8 Å². The van der Waals surface area contributed by atoms with Crippen LogP contribution in [-0.4, -0.2) is 55.2 Å². The van der Waals surface area contributed by atoms with Crippen molar-refractivity contribution >= 4 is 11.7 Å². The number of hydrogen-bond acceptors (Lipinski definition) is 3. The number of benzene rings is 2. The van der Waals surface area contributed by atoms with Crippen LogP contribution in [0, 0.1) is 5.82 Å². The van der Waals surface area contributed by atoms with E-state index in [1.807, 2.05) is 48.2 Å². The number of hydrogen-bond donors (Lipinski definition) is 1. The number of carbonyl (C=O) groups excluding carboxylic acids is 1. The quantitative estimate of drug-likeness (QED) is 0.844. The van der Waals surface area contributed by atoms with Gasteiger partial charge in [-0.15, -0.1) is 0 Å². The average molecular weight is 371 g/mol. The first-order valence-electron chi connectivity index (χ1n) is 9.40. The number of carbonyl (C=O) groups is 1. The van der Waals surface area contributed by atoms with Crippen LogP contribution < -0.4 is 10.1 Å². The molecule has 1 saturated heterocycles. The summed E-state index contributed by atoms with van der Waals surface area (Å²) in [4.78, 5) is 16.5. The third kappa shape index (κ3) is 5.44. The maximum atomic E-state index is 13.7. The lowest BCUT2D eigenvalue weighted by molar-refractivity contribution is 0.148. The van der Waals surface area contributed by atoms with Crippen LogP contribution in [0.25, 0.3) is 0 Å². The van der Waals surface area contributed by atoms with Gasteiger partial charge in [-0.05, 0) is 49.2 Å². The number of rotatable bonds is 6. The first-order chi connectivity index (χ1) is 13.2. The van der Waals surface area contributed by atoms with Gasteiger partial charge in [0.05, 0.1) is 6.61 Å². The van der Waals surface area contributed by atoms with Crippen LogP contribution in [0.2, 0.25) is 0 Å². The van der Waals surface area contributed by atoms with Crippen molar-refractivity contribution in [3.63, 3.8) is 0 Å². The number of halogens is 1.